The summed E-state index contributed by atoms with van der Waals surface area (Å²) in [7, 11) is -3.61. The van der Waals surface area contributed by atoms with Crippen molar-refractivity contribution in [3.05, 3.63) is 48.0 Å². The Kier molecular flexibility index (Phi) is 7.33. The fraction of sp³-hybridized carbons (Fsp3) is 0.381. The van der Waals surface area contributed by atoms with Gasteiger partial charge in [-0.25, -0.2) is 8.42 Å². The van der Waals surface area contributed by atoms with Gasteiger partial charge in [-0.1, -0.05) is 18.9 Å². The van der Waals surface area contributed by atoms with Gasteiger partial charge in [0.2, 0.25) is 0 Å². The number of esters is 1. The van der Waals surface area contributed by atoms with Crippen molar-refractivity contribution >= 4 is 43.9 Å². The Morgan fingerprint density at radius 2 is 1.97 bits per heavy atom. The number of nitrogens with zero attached hydrogens (tertiary/aromatic N) is 1. The van der Waals surface area contributed by atoms with Crippen LogP contribution in [0.15, 0.2) is 52.2 Å². The number of fused-ring (bicyclic) bond motifs is 1. The van der Waals surface area contributed by atoms with Gasteiger partial charge < -0.3 is 9.72 Å². The molecule has 0 fully saturated rings. The van der Waals surface area contributed by atoms with Gasteiger partial charge in [0, 0.05) is 30.1 Å². The number of hydrogen-bond donors (Lipinski definition) is 1. The van der Waals surface area contributed by atoms with Crippen molar-refractivity contribution < 1.29 is 17.9 Å². The van der Waals surface area contributed by atoms with Crippen molar-refractivity contribution in [2.75, 3.05) is 17.5 Å². The number of aromatic amines is 1. The number of hydrogen-bond acceptors (Lipinski definition) is 5. The van der Waals surface area contributed by atoms with Crippen LogP contribution in [0, 0.1) is 0 Å². The summed E-state index contributed by atoms with van der Waals surface area (Å²) < 4.78 is 33.2. The van der Waals surface area contributed by atoms with Crippen molar-refractivity contribution in [2.24, 2.45) is 0 Å². The number of rotatable bonds is 11. The van der Waals surface area contributed by atoms with Gasteiger partial charge >= 0.3 is 5.97 Å². The molecule has 0 amide bonds. The van der Waals surface area contributed by atoms with E-state index in [2.05, 4.69) is 4.98 Å². The maximum atomic E-state index is 13.2. The van der Waals surface area contributed by atoms with Crippen LogP contribution in [0.25, 0.3) is 10.9 Å². The van der Waals surface area contributed by atoms with E-state index in [-0.39, 0.29) is 5.97 Å². The molecule has 3 aromatic rings. The zero-order valence-electron chi connectivity index (χ0n) is 16.5. The van der Waals surface area contributed by atoms with Gasteiger partial charge in [-0.2, -0.15) is 0 Å². The van der Waals surface area contributed by atoms with Gasteiger partial charge in [-0.15, -0.1) is 11.3 Å². The number of unbranched alkanes of at least 4 members (excludes halogenated alkanes) is 3. The minimum Gasteiger partial charge on any atom is -0.466 e. The number of nitrogens with one attached hydrogen (secondary N) is 1. The molecule has 1 N–H and O–H groups in total. The second-order valence-electron chi connectivity index (χ2n) is 6.73. The predicted molar refractivity (Wildman–Crippen MR) is 117 cm³/mol. The number of carbonyl (C=O) groups is 1. The Labute approximate surface area is 175 Å². The Morgan fingerprint density at radius 1 is 1.14 bits per heavy atom. The summed E-state index contributed by atoms with van der Waals surface area (Å²) in [5.41, 5.74) is 1.64. The van der Waals surface area contributed by atoms with Gasteiger partial charge in [0.1, 0.15) is 4.21 Å². The molecule has 0 atom stereocenters. The minimum absolute atomic E-state index is 0.172. The molecule has 0 aliphatic rings. The Morgan fingerprint density at radius 3 is 2.72 bits per heavy atom. The lowest BCUT2D eigenvalue weighted by atomic mass is 10.1. The monoisotopic (exact) mass is 434 g/mol. The van der Waals surface area contributed by atoms with Crippen molar-refractivity contribution in [2.45, 2.75) is 43.2 Å². The van der Waals surface area contributed by atoms with Gasteiger partial charge in [0.25, 0.3) is 10.0 Å². The summed E-state index contributed by atoms with van der Waals surface area (Å²) in [6.45, 7) is 2.60. The maximum absolute atomic E-state index is 13.2. The topological polar surface area (TPSA) is 79.5 Å². The Bertz CT molecular complexity index is 1030. The number of H-pyrrole nitrogens is 1. The van der Waals surface area contributed by atoms with E-state index in [0.29, 0.717) is 29.5 Å². The zero-order valence-corrected chi connectivity index (χ0v) is 18.1. The SMILES string of the molecule is CCOC(=O)CCCCCCN(c1ccc2[nH]ccc2c1)S(=O)(=O)c1cccs1. The van der Waals surface area contributed by atoms with Crippen molar-refractivity contribution in [3.8, 4) is 0 Å². The van der Waals surface area contributed by atoms with E-state index in [0.717, 1.165) is 36.6 Å². The second kappa shape index (κ2) is 9.93. The lowest BCUT2D eigenvalue weighted by Crippen LogP contribution is -2.31. The van der Waals surface area contributed by atoms with E-state index in [9.17, 15) is 13.2 Å². The molecule has 2 aromatic heterocycles. The van der Waals surface area contributed by atoms with E-state index >= 15 is 0 Å². The van der Waals surface area contributed by atoms with Crippen LogP contribution >= 0.6 is 11.3 Å². The molecule has 0 saturated carbocycles. The molecule has 0 saturated heterocycles. The lowest BCUT2D eigenvalue weighted by Gasteiger charge is -2.24. The average molecular weight is 435 g/mol. The summed E-state index contributed by atoms with van der Waals surface area (Å²) in [5.74, 6) is -0.172. The van der Waals surface area contributed by atoms with Crippen LogP contribution in [0.4, 0.5) is 5.69 Å². The lowest BCUT2D eigenvalue weighted by molar-refractivity contribution is -0.143. The van der Waals surface area contributed by atoms with E-state index in [1.54, 1.807) is 24.4 Å². The minimum atomic E-state index is -3.61. The van der Waals surface area contributed by atoms with Crippen LogP contribution in [0.2, 0.25) is 0 Å². The highest BCUT2D eigenvalue weighted by molar-refractivity contribution is 7.94. The summed E-state index contributed by atoms with van der Waals surface area (Å²) in [6.07, 6.45) is 5.44. The normalized spacial score (nSPS) is 11.6. The van der Waals surface area contributed by atoms with Crippen LogP contribution < -0.4 is 4.31 Å². The molecule has 156 valence electrons. The number of carbonyl (C=O) groups excluding carboxylic acids is 1. The molecule has 0 bridgehead atoms. The molecule has 0 aliphatic carbocycles. The molecule has 8 heteroatoms. The summed E-state index contributed by atoms with van der Waals surface area (Å²) in [5, 5.41) is 2.75. The predicted octanol–water partition coefficient (Wildman–Crippen LogP) is 4.94. The van der Waals surface area contributed by atoms with Gasteiger partial charge in [-0.3, -0.25) is 9.10 Å². The standard InChI is InChI=1S/C21H26N2O4S2/c1-2-27-20(24)8-5-3-4-6-14-23(29(25,26)21-9-7-15-28-21)18-10-11-19-17(16-18)12-13-22-19/h7,9-13,15-16,22H,2-6,8,14H2,1H3. The quantitative estimate of drug-likeness (QED) is 0.342. The molecule has 0 unspecified atom stereocenters. The molecule has 2 heterocycles. The zero-order chi connectivity index (χ0) is 20.7. The number of benzene rings is 1. The number of anilines is 1. The maximum Gasteiger partial charge on any atom is 0.305 e. The number of sulfonamides is 1. The van der Waals surface area contributed by atoms with Crippen molar-refractivity contribution in [1.82, 2.24) is 4.98 Å². The fourth-order valence-corrected chi connectivity index (χ4v) is 5.81. The van der Waals surface area contributed by atoms with Crippen LogP contribution in [0.3, 0.4) is 0 Å². The van der Waals surface area contributed by atoms with Gasteiger partial charge in [0.15, 0.2) is 0 Å². The first-order valence-electron chi connectivity index (χ1n) is 9.81. The molecular weight excluding hydrogens is 408 g/mol. The third-order valence-electron chi connectivity index (χ3n) is 4.66. The first-order chi connectivity index (χ1) is 14.0. The molecule has 6 nitrogen and oxygen atoms in total. The average Bonchev–Trinajstić information content (AvgIpc) is 3.39. The molecule has 0 spiro atoms. The Balaban J connectivity index is 1.68. The molecule has 1 aromatic carbocycles. The number of aromatic nitrogens is 1. The van der Waals surface area contributed by atoms with Crippen LogP contribution in [-0.4, -0.2) is 32.5 Å². The number of ether oxygens (including phenoxy) is 1. The van der Waals surface area contributed by atoms with E-state index < -0.39 is 10.0 Å². The first-order valence-corrected chi connectivity index (χ1v) is 12.1. The van der Waals surface area contributed by atoms with E-state index in [4.69, 9.17) is 4.74 Å². The smallest absolute Gasteiger partial charge is 0.305 e. The largest absolute Gasteiger partial charge is 0.466 e. The number of thiophene rings is 1. The van der Waals surface area contributed by atoms with E-state index in [1.807, 2.05) is 30.5 Å². The highest BCUT2D eigenvalue weighted by Crippen LogP contribution is 2.29. The van der Waals surface area contributed by atoms with Crippen LogP contribution in [0.5, 0.6) is 0 Å². The fourth-order valence-electron chi connectivity index (χ4n) is 3.21. The molecule has 3 rings (SSSR count). The Hall–Kier alpha value is -2.32. The van der Waals surface area contributed by atoms with Crippen molar-refractivity contribution in [3.63, 3.8) is 0 Å². The van der Waals surface area contributed by atoms with E-state index in [1.165, 1.54) is 15.6 Å². The van der Waals surface area contributed by atoms with Crippen LogP contribution in [0.1, 0.15) is 39.0 Å². The molecule has 0 radical (unpaired) electrons. The molecule has 0 aliphatic heterocycles. The third kappa shape index (κ3) is 5.39. The third-order valence-corrected chi connectivity index (χ3v) is 7.86. The van der Waals surface area contributed by atoms with Gasteiger partial charge in [0.05, 0.1) is 12.3 Å². The molecule has 29 heavy (non-hydrogen) atoms. The second-order valence-corrected chi connectivity index (χ2v) is 9.76. The van der Waals surface area contributed by atoms with Crippen molar-refractivity contribution in [1.29, 1.82) is 0 Å². The highest BCUT2D eigenvalue weighted by atomic mass is 32.2. The molecular formula is C21H26N2O4S2. The van der Waals surface area contributed by atoms with Gasteiger partial charge in [-0.05, 0) is 55.5 Å². The highest BCUT2D eigenvalue weighted by Gasteiger charge is 2.25. The first kappa shape index (κ1) is 21.4. The van der Waals surface area contributed by atoms with Crippen LogP contribution in [-0.2, 0) is 19.6 Å². The summed E-state index contributed by atoms with van der Waals surface area (Å²) >= 11 is 1.23. The summed E-state index contributed by atoms with van der Waals surface area (Å²) in [4.78, 5) is 14.5. The summed E-state index contributed by atoms with van der Waals surface area (Å²) in [6, 6.07) is 11.0.